The Morgan fingerprint density at radius 1 is 1.42 bits per heavy atom. The van der Waals surface area contributed by atoms with Gasteiger partial charge in [-0.25, -0.2) is 4.79 Å². The van der Waals surface area contributed by atoms with Crippen LogP contribution in [0.1, 0.15) is 41.0 Å². The molecule has 1 heterocycles. The molecular formula is C13H26N2O3S. The smallest absolute Gasteiger partial charge is 0.315 e. The minimum atomic E-state index is -0.926. The molecule has 0 radical (unpaired) electrons. The lowest BCUT2D eigenvalue weighted by atomic mass is 9.95. The van der Waals surface area contributed by atoms with E-state index in [2.05, 4.69) is 10.6 Å². The molecule has 1 rings (SSSR count). The predicted octanol–water partition coefficient (Wildman–Crippen LogP) is 1.40. The second-order valence-electron chi connectivity index (χ2n) is 6.39. The van der Waals surface area contributed by atoms with E-state index < -0.39 is 10.8 Å². The van der Waals surface area contributed by atoms with E-state index in [4.69, 9.17) is 4.74 Å². The molecule has 1 aliphatic heterocycles. The van der Waals surface area contributed by atoms with Crippen LogP contribution in [0.15, 0.2) is 0 Å². The first kappa shape index (κ1) is 16.4. The van der Waals surface area contributed by atoms with Gasteiger partial charge in [0.25, 0.3) is 0 Å². The minimum Gasteiger partial charge on any atom is -0.367 e. The van der Waals surface area contributed by atoms with Gasteiger partial charge in [-0.05, 0) is 41.0 Å². The Morgan fingerprint density at radius 2 is 2.00 bits per heavy atom. The highest BCUT2D eigenvalue weighted by Crippen LogP contribution is 2.37. The summed E-state index contributed by atoms with van der Waals surface area (Å²) in [6.07, 6.45) is 2.42. The van der Waals surface area contributed by atoms with Crippen LogP contribution >= 0.6 is 0 Å². The molecule has 19 heavy (non-hydrogen) atoms. The van der Waals surface area contributed by atoms with Crippen molar-refractivity contribution in [1.82, 2.24) is 10.6 Å². The summed E-state index contributed by atoms with van der Waals surface area (Å²) in [5.41, 5.74) is -0.598. The number of ether oxygens (including phenoxy) is 1. The van der Waals surface area contributed by atoms with Gasteiger partial charge < -0.3 is 15.4 Å². The van der Waals surface area contributed by atoms with E-state index in [1.165, 1.54) is 0 Å². The van der Waals surface area contributed by atoms with Crippen LogP contribution in [0.3, 0.4) is 0 Å². The number of carbonyl (C=O) groups is 1. The lowest BCUT2D eigenvalue weighted by Gasteiger charge is -2.27. The second-order valence-corrected chi connectivity index (χ2v) is 8.19. The lowest BCUT2D eigenvalue weighted by molar-refractivity contribution is -0.0690. The average Bonchev–Trinajstić information content (AvgIpc) is 2.42. The van der Waals surface area contributed by atoms with Crippen LogP contribution in [0.25, 0.3) is 0 Å². The molecule has 0 aromatic rings. The van der Waals surface area contributed by atoms with Gasteiger partial charge in [0.15, 0.2) is 0 Å². The zero-order valence-electron chi connectivity index (χ0n) is 12.7. The monoisotopic (exact) mass is 290 g/mol. The predicted molar refractivity (Wildman–Crippen MR) is 77.7 cm³/mol. The molecule has 1 aliphatic rings. The van der Waals surface area contributed by atoms with Gasteiger partial charge in [-0.2, -0.15) is 0 Å². The van der Waals surface area contributed by atoms with Gasteiger partial charge in [0.1, 0.15) is 0 Å². The van der Waals surface area contributed by atoms with Gasteiger partial charge in [-0.3, -0.25) is 4.21 Å². The average molecular weight is 290 g/mol. The van der Waals surface area contributed by atoms with Crippen molar-refractivity contribution in [1.29, 1.82) is 0 Å². The highest BCUT2D eigenvalue weighted by Gasteiger charge is 2.46. The molecule has 0 saturated carbocycles. The molecular weight excluding hydrogens is 264 g/mol. The first-order valence-corrected chi connectivity index (χ1v) is 8.22. The first-order valence-electron chi connectivity index (χ1n) is 6.60. The molecule has 6 heteroatoms. The van der Waals surface area contributed by atoms with Crippen LogP contribution < -0.4 is 10.6 Å². The van der Waals surface area contributed by atoms with Gasteiger partial charge >= 0.3 is 6.03 Å². The fourth-order valence-electron chi connectivity index (χ4n) is 2.35. The molecule has 0 aliphatic carbocycles. The van der Waals surface area contributed by atoms with Gasteiger partial charge in [0.05, 0.1) is 17.2 Å². The Morgan fingerprint density at radius 3 is 2.42 bits per heavy atom. The van der Waals surface area contributed by atoms with E-state index in [-0.39, 0.29) is 28.5 Å². The summed E-state index contributed by atoms with van der Waals surface area (Å²) in [7, 11) is -0.926. The van der Waals surface area contributed by atoms with E-state index in [1.807, 2.05) is 34.6 Å². The number of urea groups is 1. The van der Waals surface area contributed by atoms with Crippen molar-refractivity contribution in [3.05, 3.63) is 0 Å². The maximum absolute atomic E-state index is 11.8. The number of nitrogens with one attached hydrogen (secondary N) is 2. The van der Waals surface area contributed by atoms with Crippen LogP contribution in [-0.4, -0.2) is 45.5 Å². The molecule has 1 fully saturated rings. The zero-order chi connectivity index (χ0) is 14.8. The summed E-state index contributed by atoms with van der Waals surface area (Å²) < 4.78 is 17.1. The van der Waals surface area contributed by atoms with Crippen molar-refractivity contribution in [3.8, 4) is 0 Å². The topological polar surface area (TPSA) is 67.4 Å². The molecule has 2 N–H and O–H groups in total. The molecule has 5 nitrogen and oxygen atoms in total. The van der Waals surface area contributed by atoms with E-state index in [9.17, 15) is 9.00 Å². The van der Waals surface area contributed by atoms with Crippen molar-refractivity contribution in [3.63, 3.8) is 0 Å². The van der Waals surface area contributed by atoms with Crippen molar-refractivity contribution in [2.75, 3.05) is 12.8 Å². The fourth-order valence-corrected chi connectivity index (χ4v) is 2.67. The molecule has 0 bridgehead atoms. The number of carbonyl (C=O) groups excluding carboxylic acids is 1. The number of hydrogen-bond donors (Lipinski definition) is 2. The van der Waals surface area contributed by atoms with Crippen molar-refractivity contribution in [2.45, 2.75) is 63.5 Å². The third kappa shape index (κ3) is 4.76. The third-order valence-electron chi connectivity index (χ3n) is 3.50. The largest absolute Gasteiger partial charge is 0.367 e. The first-order chi connectivity index (χ1) is 8.53. The van der Waals surface area contributed by atoms with Gasteiger partial charge in [-0.1, -0.05) is 0 Å². The quantitative estimate of drug-likeness (QED) is 0.822. The van der Waals surface area contributed by atoms with Gasteiger partial charge in [0.2, 0.25) is 0 Å². The molecule has 0 aromatic heterocycles. The van der Waals surface area contributed by atoms with Crippen LogP contribution in [0.5, 0.6) is 0 Å². The van der Waals surface area contributed by atoms with Crippen molar-refractivity contribution < 1.29 is 13.7 Å². The van der Waals surface area contributed by atoms with Gasteiger partial charge in [0, 0.05) is 28.9 Å². The molecule has 2 amide bonds. The van der Waals surface area contributed by atoms with E-state index in [0.717, 1.165) is 6.42 Å². The summed E-state index contributed by atoms with van der Waals surface area (Å²) in [6, 6.07) is -0.249. The summed E-state index contributed by atoms with van der Waals surface area (Å²) in [6.45, 7) is 10.3. The molecule has 1 saturated heterocycles. The summed E-state index contributed by atoms with van der Waals surface area (Å²) in [5, 5.41) is 5.66. The SMILES string of the molecule is CC(CNC(=O)NC1CC(C)(C)OC1(C)C)S(C)=O. The molecule has 112 valence electrons. The van der Waals surface area contributed by atoms with Crippen LogP contribution in [0.4, 0.5) is 4.79 Å². The Hall–Kier alpha value is -0.620. The van der Waals surface area contributed by atoms with Gasteiger partial charge in [-0.15, -0.1) is 0 Å². The Balaban J connectivity index is 2.47. The second kappa shape index (κ2) is 5.79. The fraction of sp³-hybridized carbons (Fsp3) is 0.923. The van der Waals surface area contributed by atoms with Crippen LogP contribution in [0.2, 0.25) is 0 Å². The maximum Gasteiger partial charge on any atom is 0.315 e. The molecule has 3 unspecified atom stereocenters. The number of hydrogen-bond acceptors (Lipinski definition) is 3. The maximum atomic E-state index is 11.8. The molecule has 3 atom stereocenters. The number of rotatable bonds is 4. The molecule has 0 aromatic carbocycles. The van der Waals surface area contributed by atoms with E-state index in [1.54, 1.807) is 6.26 Å². The highest BCUT2D eigenvalue weighted by molar-refractivity contribution is 7.84. The Bertz CT molecular complexity index is 369. The summed E-state index contributed by atoms with van der Waals surface area (Å²) >= 11 is 0. The Kier molecular flexibility index (Phi) is 5.01. The normalized spacial score (nSPS) is 27.6. The van der Waals surface area contributed by atoms with E-state index in [0.29, 0.717) is 6.54 Å². The zero-order valence-corrected chi connectivity index (χ0v) is 13.5. The summed E-state index contributed by atoms with van der Waals surface area (Å²) in [5.74, 6) is 0. The molecule has 0 spiro atoms. The highest BCUT2D eigenvalue weighted by atomic mass is 32.2. The van der Waals surface area contributed by atoms with Crippen LogP contribution in [-0.2, 0) is 15.5 Å². The van der Waals surface area contributed by atoms with E-state index >= 15 is 0 Å². The number of amides is 2. The summed E-state index contributed by atoms with van der Waals surface area (Å²) in [4.78, 5) is 11.8. The third-order valence-corrected chi connectivity index (χ3v) is 4.80. The minimum absolute atomic E-state index is 0.0232. The van der Waals surface area contributed by atoms with Crippen LogP contribution in [0, 0.1) is 0 Å². The lowest BCUT2D eigenvalue weighted by Crippen LogP contribution is -2.50. The van der Waals surface area contributed by atoms with Crippen molar-refractivity contribution in [2.24, 2.45) is 0 Å². The Labute approximate surface area is 118 Å². The van der Waals surface area contributed by atoms with Crippen molar-refractivity contribution >= 4 is 16.8 Å². The standard InChI is InChI=1S/C13H26N2O3S/c1-9(19(6)17)8-14-11(16)15-10-7-12(2,3)18-13(10,4)5/h9-10H,7-8H2,1-6H3,(H2,14,15,16).